The second kappa shape index (κ2) is 7.03. The summed E-state index contributed by atoms with van der Waals surface area (Å²) >= 11 is 0. The molecule has 0 unspecified atom stereocenters. The monoisotopic (exact) mass is 330 g/mol. The van der Waals surface area contributed by atoms with Gasteiger partial charge in [0, 0.05) is 44.0 Å². The molecule has 2 heterocycles. The van der Waals surface area contributed by atoms with Crippen LogP contribution in [-0.2, 0) is 11.2 Å². The Bertz CT molecular complexity index is 683. The zero-order valence-corrected chi connectivity index (χ0v) is 14.2. The van der Waals surface area contributed by atoms with Crippen LogP contribution in [0.4, 0.5) is 10.1 Å². The molecule has 1 saturated heterocycles. The van der Waals surface area contributed by atoms with Crippen LogP contribution in [0.25, 0.3) is 0 Å². The molecule has 1 aliphatic rings. The number of hydrogen-bond acceptors (Lipinski definition) is 3. The number of nitrogens with zero attached hydrogens (tertiary/aromatic N) is 3. The van der Waals surface area contributed by atoms with Crippen LogP contribution in [0, 0.1) is 19.7 Å². The van der Waals surface area contributed by atoms with E-state index in [-0.39, 0.29) is 11.7 Å². The molecule has 0 radical (unpaired) electrons. The van der Waals surface area contributed by atoms with Gasteiger partial charge in [-0.3, -0.25) is 9.89 Å². The highest BCUT2D eigenvalue weighted by Crippen LogP contribution is 2.18. The van der Waals surface area contributed by atoms with Crippen LogP contribution >= 0.6 is 0 Å². The fourth-order valence-corrected chi connectivity index (χ4v) is 3.20. The van der Waals surface area contributed by atoms with Crippen LogP contribution in [0.2, 0.25) is 0 Å². The minimum Gasteiger partial charge on any atom is -0.368 e. The predicted octanol–water partition coefficient (Wildman–Crippen LogP) is 2.45. The first-order valence-corrected chi connectivity index (χ1v) is 8.33. The number of H-pyrrole nitrogens is 1. The molecule has 2 aromatic rings. The summed E-state index contributed by atoms with van der Waals surface area (Å²) in [6.07, 6.45) is 1.24. The largest absolute Gasteiger partial charge is 0.368 e. The van der Waals surface area contributed by atoms with Crippen molar-refractivity contribution in [3.8, 4) is 0 Å². The Balaban J connectivity index is 1.51. The summed E-state index contributed by atoms with van der Waals surface area (Å²) in [4.78, 5) is 16.5. The van der Waals surface area contributed by atoms with Crippen molar-refractivity contribution in [2.75, 3.05) is 31.1 Å². The molecular weight excluding hydrogens is 307 g/mol. The van der Waals surface area contributed by atoms with Gasteiger partial charge in [0.2, 0.25) is 5.91 Å². The molecule has 0 atom stereocenters. The van der Waals surface area contributed by atoms with E-state index in [1.807, 2.05) is 18.7 Å². The standard InChI is InChI=1S/C18H23FN4O/c1-13-17(14(2)21-20-13)7-8-18(24)23-11-9-22(10-12-23)16-5-3-15(19)4-6-16/h3-6H,7-12H2,1-2H3,(H,20,21). The van der Waals surface area contributed by atoms with E-state index in [0.29, 0.717) is 19.5 Å². The molecule has 1 aliphatic heterocycles. The first-order chi connectivity index (χ1) is 11.5. The molecule has 0 saturated carbocycles. The van der Waals surface area contributed by atoms with Gasteiger partial charge in [-0.2, -0.15) is 5.10 Å². The summed E-state index contributed by atoms with van der Waals surface area (Å²) in [6, 6.07) is 6.53. The molecule has 128 valence electrons. The molecule has 24 heavy (non-hydrogen) atoms. The van der Waals surface area contributed by atoms with Gasteiger partial charge in [-0.15, -0.1) is 0 Å². The second-order valence-electron chi connectivity index (χ2n) is 6.26. The highest BCUT2D eigenvalue weighted by atomic mass is 19.1. The Morgan fingerprint density at radius 3 is 2.42 bits per heavy atom. The predicted molar refractivity (Wildman–Crippen MR) is 91.6 cm³/mol. The minimum absolute atomic E-state index is 0.189. The van der Waals surface area contributed by atoms with E-state index in [0.717, 1.165) is 42.1 Å². The summed E-state index contributed by atoms with van der Waals surface area (Å²) < 4.78 is 13.0. The summed E-state index contributed by atoms with van der Waals surface area (Å²) in [6.45, 7) is 6.92. The molecule has 1 aromatic carbocycles. The zero-order valence-electron chi connectivity index (χ0n) is 14.2. The van der Waals surface area contributed by atoms with Crippen LogP contribution in [0.3, 0.4) is 0 Å². The van der Waals surface area contributed by atoms with Crippen LogP contribution in [0.5, 0.6) is 0 Å². The molecule has 1 fully saturated rings. The molecule has 5 nitrogen and oxygen atoms in total. The van der Waals surface area contributed by atoms with Crippen molar-refractivity contribution in [3.63, 3.8) is 0 Å². The Hall–Kier alpha value is -2.37. The number of aromatic nitrogens is 2. The van der Waals surface area contributed by atoms with E-state index in [4.69, 9.17) is 0 Å². The number of piperazine rings is 1. The molecule has 1 amide bonds. The van der Waals surface area contributed by atoms with E-state index >= 15 is 0 Å². The Kier molecular flexibility index (Phi) is 4.83. The lowest BCUT2D eigenvalue weighted by molar-refractivity contribution is -0.131. The molecule has 6 heteroatoms. The molecule has 0 spiro atoms. The summed E-state index contributed by atoms with van der Waals surface area (Å²) in [7, 11) is 0. The van der Waals surface area contributed by atoms with Crippen molar-refractivity contribution in [2.45, 2.75) is 26.7 Å². The van der Waals surface area contributed by atoms with Gasteiger partial charge in [-0.05, 0) is 50.1 Å². The van der Waals surface area contributed by atoms with Crippen LogP contribution in [0.15, 0.2) is 24.3 Å². The number of aromatic amines is 1. The highest BCUT2D eigenvalue weighted by molar-refractivity contribution is 5.77. The van der Waals surface area contributed by atoms with Gasteiger partial charge in [0.05, 0.1) is 5.69 Å². The third kappa shape index (κ3) is 3.58. The Morgan fingerprint density at radius 2 is 1.83 bits per heavy atom. The molecule has 0 bridgehead atoms. The fraction of sp³-hybridized carbons (Fsp3) is 0.444. The highest BCUT2D eigenvalue weighted by Gasteiger charge is 2.21. The minimum atomic E-state index is -0.225. The van der Waals surface area contributed by atoms with E-state index < -0.39 is 0 Å². The van der Waals surface area contributed by atoms with Crippen molar-refractivity contribution in [1.82, 2.24) is 15.1 Å². The van der Waals surface area contributed by atoms with Gasteiger partial charge in [0.25, 0.3) is 0 Å². The van der Waals surface area contributed by atoms with Gasteiger partial charge >= 0.3 is 0 Å². The van der Waals surface area contributed by atoms with Crippen LogP contribution < -0.4 is 4.90 Å². The van der Waals surface area contributed by atoms with Crippen molar-refractivity contribution in [1.29, 1.82) is 0 Å². The van der Waals surface area contributed by atoms with Crippen LogP contribution in [0.1, 0.15) is 23.4 Å². The average molecular weight is 330 g/mol. The van der Waals surface area contributed by atoms with Crippen LogP contribution in [-0.4, -0.2) is 47.2 Å². The maximum atomic E-state index is 13.0. The summed E-state index contributed by atoms with van der Waals surface area (Å²) in [5, 5.41) is 7.13. The lowest BCUT2D eigenvalue weighted by Crippen LogP contribution is -2.48. The average Bonchev–Trinajstić information content (AvgIpc) is 2.92. The number of hydrogen-bond donors (Lipinski definition) is 1. The number of anilines is 1. The van der Waals surface area contributed by atoms with E-state index in [9.17, 15) is 9.18 Å². The molecule has 1 aromatic heterocycles. The third-order valence-electron chi connectivity index (χ3n) is 4.69. The number of rotatable bonds is 4. The number of amides is 1. The summed E-state index contributed by atoms with van der Waals surface area (Å²) in [5.41, 5.74) is 4.17. The quantitative estimate of drug-likeness (QED) is 0.937. The molecule has 3 rings (SSSR count). The third-order valence-corrected chi connectivity index (χ3v) is 4.69. The number of aryl methyl sites for hydroxylation is 2. The Labute approximate surface area is 141 Å². The van der Waals surface area contributed by atoms with Gasteiger partial charge in [-0.1, -0.05) is 0 Å². The number of carbonyl (C=O) groups excluding carboxylic acids is 1. The smallest absolute Gasteiger partial charge is 0.223 e. The maximum Gasteiger partial charge on any atom is 0.223 e. The van der Waals surface area contributed by atoms with Crippen molar-refractivity contribution in [3.05, 3.63) is 47.0 Å². The SMILES string of the molecule is Cc1n[nH]c(C)c1CCC(=O)N1CCN(c2ccc(F)cc2)CC1. The van der Waals surface area contributed by atoms with Gasteiger partial charge in [0.15, 0.2) is 0 Å². The fourth-order valence-electron chi connectivity index (χ4n) is 3.20. The van der Waals surface area contributed by atoms with E-state index in [1.165, 1.54) is 12.1 Å². The first kappa shape index (κ1) is 16.5. The number of nitrogens with one attached hydrogen (secondary N) is 1. The topological polar surface area (TPSA) is 52.2 Å². The maximum absolute atomic E-state index is 13.0. The Morgan fingerprint density at radius 1 is 1.17 bits per heavy atom. The van der Waals surface area contributed by atoms with Gasteiger partial charge in [-0.25, -0.2) is 4.39 Å². The number of carbonyl (C=O) groups is 1. The van der Waals surface area contributed by atoms with E-state index in [1.54, 1.807) is 12.1 Å². The van der Waals surface area contributed by atoms with Gasteiger partial charge in [0.1, 0.15) is 5.82 Å². The van der Waals surface area contributed by atoms with Crippen molar-refractivity contribution < 1.29 is 9.18 Å². The summed E-state index contributed by atoms with van der Waals surface area (Å²) in [5.74, 6) is -0.0360. The number of halogens is 1. The van der Waals surface area contributed by atoms with E-state index in [2.05, 4.69) is 15.1 Å². The lowest BCUT2D eigenvalue weighted by Gasteiger charge is -2.36. The van der Waals surface area contributed by atoms with Gasteiger partial charge < -0.3 is 9.80 Å². The first-order valence-electron chi connectivity index (χ1n) is 8.33. The molecule has 1 N–H and O–H groups in total. The molecular formula is C18H23FN4O. The van der Waals surface area contributed by atoms with Crippen molar-refractivity contribution in [2.24, 2.45) is 0 Å². The zero-order chi connectivity index (χ0) is 17.1. The number of benzene rings is 1. The normalized spacial score (nSPS) is 15.0. The molecule has 0 aliphatic carbocycles. The van der Waals surface area contributed by atoms with Crippen molar-refractivity contribution >= 4 is 11.6 Å². The lowest BCUT2D eigenvalue weighted by atomic mass is 10.1. The second-order valence-corrected chi connectivity index (χ2v) is 6.26.